The van der Waals surface area contributed by atoms with Gasteiger partial charge in [-0.3, -0.25) is 4.68 Å². The van der Waals surface area contributed by atoms with Gasteiger partial charge >= 0.3 is 0 Å². The maximum atomic E-state index is 5.81. The van der Waals surface area contributed by atoms with Crippen LogP contribution >= 0.6 is 0 Å². The SMILES string of the molecule is CCNC(Cc1cn(C)nn1)C(C)(C)OCC. The molecule has 0 saturated carbocycles. The molecule has 17 heavy (non-hydrogen) atoms. The summed E-state index contributed by atoms with van der Waals surface area (Å²) in [5, 5.41) is 11.5. The molecule has 1 unspecified atom stereocenters. The highest BCUT2D eigenvalue weighted by Crippen LogP contribution is 2.18. The zero-order valence-corrected chi connectivity index (χ0v) is 11.5. The van der Waals surface area contributed by atoms with Crippen LogP contribution in [0.3, 0.4) is 0 Å². The van der Waals surface area contributed by atoms with Crippen LogP contribution in [-0.4, -0.2) is 39.8 Å². The number of nitrogens with one attached hydrogen (secondary N) is 1. The van der Waals surface area contributed by atoms with Gasteiger partial charge in [-0.05, 0) is 27.3 Å². The Bertz CT molecular complexity index is 335. The standard InChI is InChI=1S/C12H24N4O/c1-6-13-11(12(3,4)17-7-2)8-10-9-16(5)15-14-10/h9,11,13H,6-8H2,1-5H3. The predicted octanol–water partition coefficient (Wildman–Crippen LogP) is 1.15. The van der Waals surface area contributed by atoms with Crippen molar-refractivity contribution >= 4 is 0 Å². The lowest BCUT2D eigenvalue weighted by molar-refractivity contribution is -0.0379. The molecule has 0 saturated heterocycles. The molecule has 0 aliphatic carbocycles. The Morgan fingerprint density at radius 1 is 1.47 bits per heavy atom. The molecule has 0 fully saturated rings. The van der Waals surface area contributed by atoms with Gasteiger partial charge in [0, 0.05) is 32.3 Å². The number of aryl methyl sites for hydroxylation is 1. The highest BCUT2D eigenvalue weighted by molar-refractivity contribution is 5.00. The highest BCUT2D eigenvalue weighted by Gasteiger charge is 2.30. The van der Waals surface area contributed by atoms with E-state index in [1.165, 1.54) is 0 Å². The fourth-order valence-electron chi connectivity index (χ4n) is 1.98. The average molecular weight is 240 g/mol. The summed E-state index contributed by atoms with van der Waals surface area (Å²) in [5.74, 6) is 0. The molecule has 0 radical (unpaired) electrons. The van der Waals surface area contributed by atoms with Crippen molar-refractivity contribution in [1.82, 2.24) is 20.3 Å². The molecule has 1 aromatic heterocycles. The van der Waals surface area contributed by atoms with Gasteiger partial charge in [0.05, 0.1) is 11.3 Å². The zero-order valence-electron chi connectivity index (χ0n) is 11.5. The van der Waals surface area contributed by atoms with Crippen LogP contribution in [0.15, 0.2) is 6.20 Å². The first-order chi connectivity index (χ1) is 7.99. The summed E-state index contributed by atoms with van der Waals surface area (Å²) in [6.07, 6.45) is 2.78. The normalized spacial score (nSPS) is 13.9. The Hall–Kier alpha value is -0.940. The van der Waals surface area contributed by atoms with Crippen molar-refractivity contribution in [2.45, 2.75) is 45.8 Å². The van der Waals surface area contributed by atoms with Gasteiger partial charge in [0.15, 0.2) is 0 Å². The lowest BCUT2D eigenvalue weighted by Crippen LogP contribution is -2.50. The Morgan fingerprint density at radius 2 is 2.18 bits per heavy atom. The fourth-order valence-corrected chi connectivity index (χ4v) is 1.98. The third-order valence-corrected chi connectivity index (χ3v) is 2.87. The summed E-state index contributed by atoms with van der Waals surface area (Å²) < 4.78 is 7.53. The number of ether oxygens (including phenoxy) is 1. The van der Waals surface area contributed by atoms with E-state index in [1.807, 2.05) is 20.2 Å². The van der Waals surface area contributed by atoms with E-state index in [2.05, 4.69) is 36.4 Å². The highest BCUT2D eigenvalue weighted by atomic mass is 16.5. The summed E-state index contributed by atoms with van der Waals surface area (Å²) in [5.41, 5.74) is 0.786. The largest absolute Gasteiger partial charge is 0.374 e. The van der Waals surface area contributed by atoms with Crippen LogP contribution in [0.2, 0.25) is 0 Å². The van der Waals surface area contributed by atoms with Crippen molar-refractivity contribution in [2.24, 2.45) is 7.05 Å². The second-order valence-electron chi connectivity index (χ2n) is 4.73. The maximum Gasteiger partial charge on any atom is 0.0843 e. The lowest BCUT2D eigenvalue weighted by atomic mass is 9.94. The van der Waals surface area contributed by atoms with Gasteiger partial charge in [0.2, 0.25) is 0 Å². The van der Waals surface area contributed by atoms with Crippen molar-refractivity contribution in [1.29, 1.82) is 0 Å². The fraction of sp³-hybridized carbons (Fsp3) is 0.833. The second-order valence-corrected chi connectivity index (χ2v) is 4.73. The van der Waals surface area contributed by atoms with Crippen LogP contribution in [0.25, 0.3) is 0 Å². The molecule has 1 aromatic rings. The summed E-state index contributed by atoms with van der Waals surface area (Å²) in [6.45, 7) is 9.98. The third-order valence-electron chi connectivity index (χ3n) is 2.87. The summed E-state index contributed by atoms with van der Waals surface area (Å²) >= 11 is 0. The van der Waals surface area contributed by atoms with Crippen LogP contribution in [-0.2, 0) is 18.2 Å². The topological polar surface area (TPSA) is 52.0 Å². The maximum absolute atomic E-state index is 5.81. The molecule has 0 aliphatic rings. The molecule has 0 aromatic carbocycles. The van der Waals surface area contributed by atoms with Crippen LogP contribution in [0.4, 0.5) is 0 Å². The number of likely N-dealkylation sites (N-methyl/N-ethyl adjacent to an activating group) is 1. The second kappa shape index (κ2) is 6.12. The van der Waals surface area contributed by atoms with E-state index in [4.69, 9.17) is 4.74 Å². The molecular weight excluding hydrogens is 216 g/mol. The van der Waals surface area contributed by atoms with Crippen LogP contribution < -0.4 is 5.32 Å². The minimum absolute atomic E-state index is 0.206. The van der Waals surface area contributed by atoms with Crippen LogP contribution in [0.1, 0.15) is 33.4 Å². The summed E-state index contributed by atoms with van der Waals surface area (Å²) in [7, 11) is 1.88. The van der Waals surface area contributed by atoms with E-state index in [-0.39, 0.29) is 11.6 Å². The van der Waals surface area contributed by atoms with Crippen LogP contribution in [0.5, 0.6) is 0 Å². The molecule has 0 amide bonds. The number of nitrogens with zero attached hydrogens (tertiary/aromatic N) is 3. The van der Waals surface area contributed by atoms with E-state index in [9.17, 15) is 0 Å². The minimum atomic E-state index is -0.206. The third kappa shape index (κ3) is 4.09. The van der Waals surface area contributed by atoms with Gasteiger partial charge < -0.3 is 10.1 Å². The van der Waals surface area contributed by atoms with E-state index in [0.29, 0.717) is 0 Å². The van der Waals surface area contributed by atoms with E-state index >= 15 is 0 Å². The van der Waals surface area contributed by atoms with Gasteiger partial charge in [0.25, 0.3) is 0 Å². The number of rotatable bonds is 7. The lowest BCUT2D eigenvalue weighted by Gasteiger charge is -2.34. The first kappa shape index (κ1) is 14.1. The van der Waals surface area contributed by atoms with Crippen molar-refractivity contribution in [3.8, 4) is 0 Å². The predicted molar refractivity (Wildman–Crippen MR) is 67.9 cm³/mol. The molecule has 0 bridgehead atoms. The van der Waals surface area contributed by atoms with E-state index in [0.717, 1.165) is 25.3 Å². The van der Waals surface area contributed by atoms with Crippen molar-refractivity contribution in [3.05, 3.63) is 11.9 Å². The van der Waals surface area contributed by atoms with Crippen molar-refractivity contribution in [3.63, 3.8) is 0 Å². The molecule has 1 N–H and O–H groups in total. The number of hydrogen-bond donors (Lipinski definition) is 1. The van der Waals surface area contributed by atoms with E-state index in [1.54, 1.807) is 4.68 Å². The summed E-state index contributed by atoms with van der Waals surface area (Å²) in [6, 6.07) is 0.240. The molecule has 5 heteroatoms. The van der Waals surface area contributed by atoms with Gasteiger partial charge in [-0.25, -0.2) is 0 Å². The van der Waals surface area contributed by atoms with Crippen LogP contribution in [0, 0.1) is 0 Å². The Morgan fingerprint density at radius 3 is 2.65 bits per heavy atom. The van der Waals surface area contributed by atoms with Gasteiger partial charge in [-0.2, -0.15) is 0 Å². The minimum Gasteiger partial charge on any atom is -0.374 e. The molecule has 0 spiro atoms. The number of hydrogen-bond acceptors (Lipinski definition) is 4. The van der Waals surface area contributed by atoms with E-state index < -0.39 is 0 Å². The zero-order chi connectivity index (χ0) is 12.9. The average Bonchev–Trinajstić information content (AvgIpc) is 2.63. The molecule has 1 heterocycles. The first-order valence-electron chi connectivity index (χ1n) is 6.22. The van der Waals surface area contributed by atoms with Gasteiger partial charge in [-0.1, -0.05) is 12.1 Å². The summed E-state index contributed by atoms with van der Waals surface area (Å²) in [4.78, 5) is 0. The van der Waals surface area contributed by atoms with Crippen molar-refractivity contribution in [2.75, 3.05) is 13.2 Å². The Kier molecular flexibility index (Phi) is 5.08. The van der Waals surface area contributed by atoms with Crippen molar-refractivity contribution < 1.29 is 4.74 Å². The Labute approximate surface area is 104 Å². The molecule has 1 atom stereocenters. The van der Waals surface area contributed by atoms with Gasteiger partial charge in [-0.15, -0.1) is 5.10 Å². The Balaban J connectivity index is 2.71. The van der Waals surface area contributed by atoms with Gasteiger partial charge in [0.1, 0.15) is 0 Å². The molecule has 0 aliphatic heterocycles. The molecular formula is C12H24N4O. The monoisotopic (exact) mass is 240 g/mol. The first-order valence-corrected chi connectivity index (χ1v) is 6.22. The quantitative estimate of drug-likeness (QED) is 0.777. The number of aromatic nitrogens is 3. The molecule has 1 rings (SSSR count). The molecule has 5 nitrogen and oxygen atoms in total. The molecule has 98 valence electrons. The smallest absolute Gasteiger partial charge is 0.0843 e.